The Labute approximate surface area is 93.3 Å². The average Bonchev–Trinajstić information content (AvgIpc) is 2.14. The summed E-state index contributed by atoms with van der Waals surface area (Å²) in [7, 11) is -3.57. The number of halogens is 1. The van der Waals surface area contributed by atoms with Gasteiger partial charge >= 0.3 is 0 Å². The molecule has 1 heterocycles. The smallest absolute Gasteiger partial charge is 0.258 e. The monoisotopic (exact) mass is 250 g/mol. The third kappa shape index (κ3) is 4.41. The summed E-state index contributed by atoms with van der Waals surface area (Å²) in [5.41, 5.74) is 0. The summed E-state index contributed by atoms with van der Waals surface area (Å²) in [6.07, 6.45) is 3.30. The quantitative estimate of drug-likeness (QED) is 0.809. The number of anilines is 1. The van der Waals surface area contributed by atoms with Crippen LogP contribution in [0.4, 0.5) is 5.82 Å². The van der Waals surface area contributed by atoms with Crippen LogP contribution in [0, 0.1) is 0 Å². The maximum atomic E-state index is 11.3. The van der Waals surface area contributed by atoms with Gasteiger partial charge in [0.15, 0.2) is 5.82 Å². The second-order valence-electron chi connectivity index (χ2n) is 2.73. The van der Waals surface area contributed by atoms with E-state index in [2.05, 4.69) is 19.4 Å². The zero-order valence-electron chi connectivity index (χ0n) is 8.07. The Balaban J connectivity index is 2.69. The Morgan fingerprint density at radius 2 is 2.20 bits per heavy atom. The van der Waals surface area contributed by atoms with E-state index in [-0.39, 0.29) is 11.0 Å². The molecular weight excluding hydrogens is 240 g/mol. The number of nitrogens with one attached hydrogen (secondary N) is 2. The van der Waals surface area contributed by atoms with Gasteiger partial charge in [0.1, 0.15) is 5.15 Å². The first-order chi connectivity index (χ1) is 7.03. The van der Waals surface area contributed by atoms with E-state index >= 15 is 0 Å². The molecule has 0 aliphatic rings. The third-order valence-electron chi connectivity index (χ3n) is 1.39. The molecule has 6 nitrogen and oxygen atoms in total. The van der Waals surface area contributed by atoms with E-state index < -0.39 is 10.2 Å². The summed E-state index contributed by atoms with van der Waals surface area (Å²) in [6.45, 7) is 2.23. The minimum atomic E-state index is -3.57. The van der Waals surface area contributed by atoms with Crippen LogP contribution in [0.15, 0.2) is 12.4 Å². The Bertz CT molecular complexity index is 423. The molecule has 0 aliphatic carbocycles. The van der Waals surface area contributed by atoms with Crippen molar-refractivity contribution in [3.8, 4) is 0 Å². The Kier molecular flexibility index (Phi) is 4.25. The zero-order chi connectivity index (χ0) is 11.3. The standard InChI is InChI=1S/C7H11ClN4O2S/c1-2-3-10-15(13,14)12-7-5-9-4-6(8)11-7/h4-5,10H,2-3H2,1H3,(H,11,12). The maximum Gasteiger partial charge on any atom is 0.300 e. The van der Waals surface area contributed by atoms with Crippen molar-refractivity contribution < 1.29 is 8.42 Å². The molecule has 0 saturated carbocycles. The van der Waals surface area contributed by atoms with Gasteiger partial charge in [0.25, 0.3) is 10.2 Å². The summed E-state index contributed by atoms with van der Waals surface area (Å²) >= 11 is 5.55. The van der Waals surface area contributed by atoms with Crippen molar-refractivity contribution in [1.82, 2.24) is 14.7 Å². The molecule has 0 spiro atoms. The van der Waals surface area contributed by atoms with Crippen molar-refractivity contribution in [2.75, 3.05) is 11.3 Å². The van der Waals surface area contributed by atoms with Crippen molar-refractivity contribution >= 4 is 27.6 Å². The van der Waals surface area contributed by atoms with Gasteiger partial charge in [-0.1, -0.05) is 18.5 Å². The van der Waals surface area contributed by atoms with Gasteiger partial charge in [-0.2, -0.15) is 13.1 Å². The van der Waals surface area contributed by atoms with Gasteiger partial charge in [-0.25, -0.2) is 4.98 Å². The van der Waals surface area contributed by atoms with E-state index in [0.717, 1.165) is 0 Å². The van der Waals surface area contributed by atoms with E-state index in [1.54, 1.807) is 0 Å². The van der Waals surface area contributed by atoms with Crippen LogP contribution in [0.2, 0.25) is 5.15 Å². The van der Waals surface area contributed by atoms with E-state index in [1.807, 2.05) is 6.92 Å². The van der Waals surface area contributed by atoms with Crippen LogP contribution in [0.5, 0.6) is 0 Å². The van der Waals surface area contributed by atoms with Crippen molar-refractivity contribution in [1.29, 1.82) is 0 Å². The molecule has 0 amide bonds. The molecule has 0 aromatic carbocycles. The maximum absolute atomic E-state index is 11.3. The predicted molar refractivity (Wildman–Crippen MR) is 57.9 cm³/mol. The lowest BCUT2D eigenvalue weighted by Crippen LogP contribution is -2.31. The van der Waals surface area contributed by atoms with Crippen LogP contribution in [0.1, 0.15) is 13.3 Å². The molecular formula is C7H11ClN4O2S. The summed E-state index contributed by atoms with van der Waals surface area (Å²) in [6, 6.07) is 0. The fourth-order valence-corrected chi connectivity index (χ4v) is 1.87. The molecule has 0 saturated heterocycles. The lowest BCUT2D eigenvalue weighted by Gasteiger charge is -2.06. The molecule has 0 aliphatic heterocycles. The fraction of sp³-hybridized carbons (Fsp3) is 0.429. The second kappa shape index (κ2) is 5.24. The van der Waals surface area contributed by atoms with Crippen LogP contribution >= 0.6 is 11.6 Å². The highest BCUT2D eigenvalue weighted by Crippen LogP contribution is 2.07. The summed E-state index contributed by atoms with van der Waals surface area (Å²) in [4.78, 5) is 7.44. The number of nitrogens with zero attached hydrogens (tertiary/aromatic N) is 2. The minimum Gasteiger partial charge on any atom is -0.258 e. The van der Waals surface area contributed by atoms with Crippen molar-refractivity contribution in [3.63, 3.8) is 0 Å². The number of rotatable bonds is 5. The van der Waals surface area contributed by atoms with E-state index in [1.165, 1.54) is 12.4 Å². The molecule has 0 unspecified atom stereocenters. The van der Waals surface area contributed by atoms with E-state index in [9.17, 15) is 8.42 Å². The molecule has 1 aromatic rings. The Morgan fingerprint density at radius 1 is 1.47 bits per heavy atom. The Morgan fingerprint density at radius 3 is 2.80 bits per heavy atom. The molecule has 8 heteroatoms. The molecule has 15 heavy (non-hydrogen) atoms. The van der Waals surface area contributed by atoms with Crippen molar-refractivity contribution in [2.45, 2.75) is 13.3 Å². The second-order valence-corrected chi connectivity index (χ2v) is 4.61. The topological polar surface area (TPSA) is 84.0 Å². The number of hydrogen-bond acceptors (Lipinski definition) is 4. The normalized spacial score (nSPS) is 11.3. The van der Waals surface area contributed by atoms with Gasteiger partial charge in [-0.15, -0.1) is 0 Å². The van der Waals surface area contributed by atoms with Crippen LogP contribution in [-0.4, -0.2) is 24.9 Å². The predicted octanol–water partition coefficient (Wildman–Crippen LogP) is 0.786. The highest BCUT2D eigenvalue weighted by molar-refractivity contribution is 7.90. The fourth-order valence-electron chi connectivity index (χ4n) is 0.802. The molecule has 0 bridgehead atoms. The van der Waals surface area contributed by atoms with Gasteiger partial charge in [0.05, 0.1) is 12.4 Å². The molecule has 1 rings (SSSR count). The minimum absolute atomic E-state index is 0.0890. The number of hydrogen-bond donors (Lipinski definition) is 2. The molecule has 2 N–H and O–H groups in total. The van der Waals surface area contributed by atoms with Crippen molar-refractivity contribution in [3.05, 3.63) is 17.5 Å². The summed E-state index contributed by atoms with van der Waals surface area (Å²) in [5, 5.41) is 0.130. The van der Waals surface area contributed by atoms with Gasteiger partial charge in [0.2, 0.25) is 0 Å². The van der Waals surface area contributed by atoms with Crippen LogP contribution in [0.3, 0.4) is 0 Å². The first kappa shape index (κ1) is 12.2. The van der Waals surface area contributed by atoms with Crippen LogP contribution in [0.25, 0.3) is 0 Å². The van der Waals surface area contributed by atoms with Crippen LogP contribution in [-0.2, 0) is 10.2 Å². The molecule has 84 valence electrons. The zero-order valence-corrected chi connectivity index (χ0v) is 9.64. The van der Waals surface area contributed by atoms with Gasteiger partial charge in [0, 0.05) is 6.54 Å². The molecule has 0 fully saturated rings. The molecule has 0 radical (unpaired) electrons. The van der Waals surface area contributed by atoms with Crippen LogP contribution < -0.4 is 9.44 Å². The first-order valence-electron chi connectivity index (χ1n) is 4.28. The lowest BCUT2D eigenvalue weighted by atomic mass is 10.5. The molecule has 1 aromatic heterocycles. The largest absolute Gasteiger partial charge is 0.300 e. The van der Waals surface area contributed by atoms with E-state index in [0.29, 0.717) is 13.0 Å². The lowest BCUT2D eigenvalue weighted by molar-refractivity contribution is 0.586. The summed E-state index contributed by atoms with van der Waals surface area (Å²) < 4.78 is 27.2. The average molecular weight is 251 g/mol. The first-order valence-corrected chi connectivity index (χ1v) is 6.14. The number of aromatic nitrogens is 2. The van der Waals surface area contributed by atoms with Gasteiger partial charge < -0.3 is 0 Å². The SMILES string of the molecule is CCCNS(=O)(=O)Nc1cncc(Cl)n1. The Hall–Kier alpha value is -0.920. The van der Waals surface area contributed by atoms with Gasteiger partial charge in [-0.3, -0.25) is 9.71 Å². The summed E-state index contributed by atoms with van der Waals surface area (Å²) in [5.74, 6) is 0.0890. The third-order valence-corrected chi connectivity index (χ3v) is 2.63. The highest BCUT2D eigenvalue weighted by Gasteiger charge is 2.09. The highest BCUT2D eigenvalue weighted by atomic mass is 35.5. The van der Waals surface area contributed by atoms with Gasteiger partial charge in [-0.05, 0) is 6.42 Å². The molecule has 0 atom stereocenters. The van der Waals surface area contributed by atoms with E-state index in [4.69, 9.17) is 11.6 Å². The van der Waals surface area contributed by atoms with Crippen molar-refractivity contribution in [2.24, 2.45) is 0 Å².